The smallest absolute Gasteiger partial charge is 0.0541 e. The Bertz CT molecular complexity index is 4170. The topological polar surface area (TPSA) is 25.6 Å². The van der Waals surface area contributed by atoms with Crippen molar-refractivity contribution in [1.82, 2.24) is 14.1 Å². The summed E-state index contributed by atoms with van der Waals surface area (Å²) in [4.78, 5) is 3.38. The van der Waals surface area contributed by atoms with Crippen molar-refractivity contribution < 1.29 is 0 Å². The van der Waals surface area contributed by atoms with E-state index in [9.17, 15) is 0 Å². The molecule has 5 heteroatoms. The molecule has 0 unspecified atom stereocenters. The molecule has 0 saturated heterocycles. The fourth-order valence-electron chi connectivity index (χ4n) is 11.0. The van der Waals surface area contributed by atoms with E-state index >= 15 is 0 Å². The van der Waals surface area contributed by atoms with Gasteiger partial charge in [0.2, 0.25) is 0 Å². The Morgan fingerprint density at radius 3 is 0.753 bits per heavy atom. The summed E-state index contributed by atoms with van der Waals surface area (Å²) in [6, 6.07) is 104. The first-order valence-electron chi connectivity index (χ1n) is 25.9. The van der Waals surface area contributed by atoms with E-state index in [0.717, 1.165) is 8.95 Å². The van der Waals surface area contributed by atoms with Gasteiger partial charge in [0.1, 0.15) is 0 Å². The van der Waals surface area contributed by atoms with Gasteiger partial charge in [0.15, 0.2) is 0 Å². The molecule has 12 aromatic carbocycles. The Kier molecular flexibility index (Phi) is 13.0. The van der Waals surface area contributed by atoms with Crippen molar-refractivity contribution in [2.75, 3.05) is 0 Å². The van der Waals surface area contributed by atoms with E-state index < -0.39 is 0 Å². The quantitative estimate of drug-likeness (QED) is 0.172. The van der Waals surface area contributed by atoms with Gasteiger partial charge in [0.25, 0.3) is 0 Å². The van der Waals surface area contributed by atoms with Gasteiger partial charge in [-0.15, -0.1) is 0 Å². The van der Waals surface area contributed by atoms with E-state index in [1.165, 1.54) is 121 Å². The number of hydrogen-bond acceptors (Lipinski definition) is 0. The van der Waals surface area contributed by atoms with Crippen molar-refractivity contribution in [2.45, 2.75) is 0 Å². The molecule has 15 aromatic rings. The van der Waals surface area contributed by atoms with Crippen LogP contribution in [0.15, 0.2) is 300 Å². The molecule has 3 heterocycles. The maximum atomic E-state index is 3.48. The van der Waals surface area contributed by atoms with Crippen molar-refractivity contribution >= 4 is 97.3 Å². The Labute approximate surface area is 464 Å². The summed E-state index contributed by atoms with van der Waals surface area (Å²) in [5.41, 5.74) is 19.5. The third kappa shape index (κ3) is 9.24. The van der Waals surface area contributed by atoms with Gasteiger partial charge >= 0.3 is 0 Å². The molecule has 0 saturated carbocycles. The summed E-state index contributed by atoms with van der Waals surface area (Å²) >= 11 is 6.97. The van der Waals surface area contributed by atoms with Crippen LogP contribution in [0.5, 0.6) is 0 Å². The standard InChI is InChI=1S/C42H28N2.C18H12Br2.C12H9N/c1-2-12-34(30-23-27-32(28-24-30)44-41-19-9-5-15-37(41)38-16-6-10-20-42(38)44)33(11-1)29-21-25-31(26-22-29)43-39-17-7-3-13-35(39)36-14-4-8-18-40(36)43;19-15-9-5-13(6-10-15)17-3-1-2-4-18(17)14-7-11-16(20)12-8-14;1-3-7-11-9(5-1)10-6-2-4-8-12(10)13-11/h1-28H;1-12H;1-8,13H. The number of nitrogens with zero attached hydrogens (tertiary/aromatic N) is 2. The van der Waals surface area contributed by atoms with Crippen molar-refractivity contribution in [2.24, 2.45) is 0 Å². The highest BCUT2D eigenvalue weighted by molar-refractivity contribution is 9.10. The lowest BCUT2D eigenvalue weighted by atomic mass is 9.94. The highest BCUT2D eigenvalue weighted by atomic mass is 79.9. The first-order chi connectivity index (χ1) is 38.0. The summed E-state index contributed by atoms with van der Waals surface area (Å²) in [5.74, 6) is 0. The van der Waals surface area contributed by atoms with E-state index in [1.54, 1.807) is 0 Å². The lowest BCUT2D eigenvalue weighted by molar-refractivity contribution is 1.18. The second kappa shape index (κ2) is 21.0. The molecule has 0 aliphatic carbocycles. The minimum Gasteiger partial charge on any atom is -0.355 e. The van der Waals surface area contributed by atoms with Crippen molar-refractivity contribution in [3.05, 3.63) is 300 Å². The molecule has 0 aliphatic rings. The summed E-state index contributed by atoms with van der Waals surface area (Å²) in [7, 11) is 0. The number of hydrogen-bond donors (Lipinski definition) is 1. The van der Waals surface area contributed by atoms with Crippen molar-refractivity contribution in [3.8, 4) is 55.9 Å². The highest BCUT2D eigenvalue weighted by Gasteiger charge is 2.15. The second-order valence-corrected chi connectivity index (χ2v) is 21.0. The largest absolute Gasteiger partial charge is 0.355 e. The molecule has 0 atom stereocenters. The molecule has 3 aromatic heterocycles. The van der Waals surface area contributed by atoms with Gasteiger partial charge in [-0.1, -0.05) is 238 Å². The Morgan fingerprint density at radius 2 is 0.455 bits per heavy atom. The molecular formula is C72H49Br2N3. The van der Waals surface area contributed by atoms with Gasteiger partial charge in [-0.2, -0.15) is 0 Å². The molecule has 3 nitrogen and oxygen atoms in total. The third-order valence-electron chi connectivity index (χ3n) is 14.6. The fourth-order valence-corrected chi connectivity index (χ4v) is 11.5. The number of halogens is 2. The van der Waals surface area contributed by atoms with Crippen LogP contribution in [-0.2, 0) is 0 Å². The van der Waals surface area contributed by atoms with E-state index in [1.807, 2.05) is 0 Å². The molecule has 0 fully saturated rings. The molecule has 0 aliphatic heterocycles. The van der Waals surface area contributed by atoms with Crippen molar-refractivity contribution in [3.63, 3.8) is 0 Å². The number of para-hydroxylation sites is 6. The number of rotatable bonds is 6. The average Bonchev–Trinajstić information content (AvgIpc) is 4.21. The lowest BCUT2D eigenvalue weighted by Crippen LogP contribution is -1.94. The lowest BCUT2D eigenvalue weighted by Gasteiger charge is -2.13. The number of benzene rings is 12. The summed E-state index contributed by atoms with van der Waals surface area (Å²) < 4.78 is 6.94. The Balaban J connectivity index is 0.000000140. The van der Waals surface area contributed by atoms with Gasteiger partial charge in [-0.05, 0) is 129 Å². The molecule has 0 spiro atoms. The summed E-state index contributed by atoms with van der Waals surface area (Å²) in [5, 5.41) is 7.73. The maximum Gasteiger partial charge on any atom is 0.0541 e. The van der Waals surface area contributed by atoms with Gasteiger partial charge < -0.3 is 14.1 Å². The first-order valence-corrected chi connectivity index (χ1v) is 27.5. The zero-order valence-corrected chi connectivity index (χ0v) is 45.0. The average molecular weight is 1120 g/mol. The zero-order chi connectivity index (χ0) is 51.7. The minimum absolute atomic E-state index is 1.10. The number of aromatic nitrogens is 3. The van der Waals surface area contributed by atoms with Crippen LogP contribution in [0.25, 0.3) is 121 Å². The number of fused-ring (bicyclic) bond motifs is 9. The summed E-state index contributed by atoms with van der Waals surface area (Å²) in [6.45, 7) is 0. The number of H-pyrrole nitrogens is 1. The van der Waals surface area contributed by atoms with Gasteiger partial charge in [-0.3, -0.25) is 0 Å². The Morgan fingerprint density at radius 1 is 0.221 bits per heavy atom. The number of nitrogens with one attached hydrogen (secondary N) is 1. The molecule has 1 N–H and O–H groups in total. The SMILES string of the molecule is Brc1ccc(-c2ccccc2-c2ccc(Br)cc2)cc1.c1ccc(-c2ccc(-n3c4ccccc4c4ccccc43)cc2)c(-c2ccc(-n3c4ccccc4c4ccccc43)cc2)c1.c1ccc2c(c1)[nH]c1ccccc12. The van der Waals surface area contributed by atoms with Crippen LogP contribution in [0.2, 0.25) is 0 Å². The molecule has 0 bridgehead atoms. The Hall–Kier alpha value is -9.00. The number of aromatic amines is 1. The predicted octanol–water partition coefficient (Wildman–Crippen LogP) is 21.1. The molecule has 366 valence electrons. The van der Waals surface area contributed by atoms with Crippen LogP contribution in [-0.4, -0.2) is 14.1 Å². The third-order valence-corrected chi connectivity index (χ3v) is 15.7. The van der Waals surface area contributed by atoms with Crippen LogP contribution in [0.3, 0.4) is 0 Å². The van der Waals surface area contributed by atoms with Crippen LogP contribution in [0.4, 0.5) is 0 Å². The predicted molar refractivity (Wildman–Crippen MR) is 335 cm³/mol. The van der Waals surface area contributed by atoms with E-state index in [4.69, 9.17) is 0 Å². The van der Waals surface area contributed by atoms with Crippen LogP contribution >= 0.6 is 31.9 Å². The monoisotopic (exact) mass is 1110 g/mol. The second-order valence-electron chi connectivity index (χ2n) is 19.2. The first kappa shape index (κ1) is 47.7. The van der Waals surface area contributed by atoms with Crippen LogP contribution < -0.4 is 0 Å². The molecular weight excluding hydrogens is 1070 g/mol. The van der Waals surface area contributed by atoms with Gasteiger partial charge in [0.05, 0.1) is 22.1 Å². The van der Waals surface area contributed by atoms with E-state index in [-0.39, 0.29) is 0 Å². The van der Waals surface area contributed by atoms with E-state index in [2.05, 4.69) is 337 Å². The minimum atomic E-state index is 1.10. The van der Waals surface area contributed by atoms with E-state index in [0.29, 0.717) is 0 Å². The van der Waals surface area contributed by atoms with Gasteiger partial charge in [0, 0.05) is 63.7 Å². The molecule has 0 radical (unpaired) electrons. The highest BCUT2D eigenvalue weighted by Crippen LogP contribution is 2.38. The normalized spacial score (nSPS) is 11.2. The zero-order valence-electron chi connectivity index (χ0n) is 41.9. The van der Waals surface area contributed by atoms with Crippen molar-refractivity contribution in [1.29, 1.82) is 0 Å². The summed E-state index contributed by atoms with van der Waals surface area (Å²) in [6.07, 6.45) is 0. The molecule has 0 amide bonds. The molecule has 77 heavy (non-hydrogen) atoms. The van der Waals surface area contributed by atoms with Crippen LogP contribution in [0.1, 0.15) is 0 Å². The van der Waals surface area contributed by atoms with Gasteiger partial charge in [-0.25, -0.2) is 0 Å². The maximum absolute atomic E-state index is 3.48. The molecule has 15 rings (SSSR count). The fraction of sp³-hybridized carbons (Fsp3) is 0. The van der Waals surface area contributed by atoms with Crippen LogP contribution in [0, 0.1) is 0 Å².